The first kappa shape index (κ1) is 17.2. The van der Waals surface area contributed by atoms with E-state index in [1.165, 1.54) is 23.1 Å². The summed E-state index contributed by atoms with van der Waals surface area (Å²) < 4.78 is 0. The molecule has 1 aromatic carbocycles. The first-order chi connectivity index (χ1) is 11.6. The fraction of sp³-hybridized carbons (Fsp3) is 0.0625. The second-order valence-electron chi connectivity index (χ2n) is 4.68. The van der Waals surface area contributed by atoms with Crippen LogP contribution in [0.2, 0.25) is 10.0 Å². The Balaban J connectivity index is 1.84. The van der Waals surface area contributed by atoms with Gasteiger partial charge in [-0.3, -0.25) is 10.1 Å². The maximum atomic E-state index is 12.4. The summed E-state index contributed by atoms with van der Waals surface area (Å²) in [5.74, 6) is -0.245. The molecular formula is C16H11Cl2N3OS2. The van der Waals surface area contributed by atoms with Crippen molar-refractivity contribution in [3.63, 3.8) is 0 Å². The number of carbonyl (C=O) groups is 1. The van der Waals surface area contributed by atoms with Gasteiger partial charge in [0, 0.05) is 22.2 Å². The number of anilines is 1. The van der Waals surface area contributed by atoms with Crippen molar-refractivity contribution in [1.82, 2.24) is 9.97 Å². The Morgan fingerprint density at radius 2 is 2.12 bits per heavy atom. The van der Waals surface area contributed by atoms with E-state index in [4.69, 9.17) is 23.2 Å². The Morgan fingerprint density at radius 1 is 1.29 bits per heavy atom. The van der Waals surface area contributed by atoms with Crippen LogP contribution in [0.5, 0.6) is 0 Å². The molecule has 8 heteroatoms. The lowest BCUT2D eigenvalue weighted by molar-refractivity contribution is 0.102. The average Bonchev–Trinajstić information content (AvgIpc) is 3.05. The molecule has 1 N–H and O–H groups in total. The Kier molecular flexibility index (Phi) is 5.40. The second-order valence-corrected chi connectivity index (χ2v) is 7.17. The number of hydrogen-bond acceptors (Lipinski definition) is 5. The van der Waals surface area contributed by atoms with Gasteiger partial charge in [-0.1, -0.05) is 23.2 Å². The zero-order valence-electron chi connectivity index (χ0n) is 12.4. The van der Waals surface area contributed by atoms with Crippen LogP contribution >= 0.6 is 46.3 Å². The number of benzene rings is 1. The number of thioether (sulfide) groups is 1. The number of thiazole rings is 1. The molecule has 0 unspecified atom stereocenters. The first-order valence-corrected chi connectivity index (χ1v) is 9.66. The molecule has 0 spiro atoms. The maximum absolute atomic E-state index is 12.4. The van der Waals surface area contributed by atoms with Gasteiger partial charge in [0.05, 0.1) is 16.3 Å². The van der Waals surface area contributed by atoms with Crippen LogP contribution in [0, 0.1) is 0 Å². The van der Waals surface area contributed by atoms with Crippen molar-refractivity contribution in [2.24, 2.45) is 0 Å². The van der Waals surface area contributed by atoms with E-state index < -0.39 is 0 Å². The minimum atomic E-state index is -0.245. The van der Waals surface area contributed by atoms with E-state index in [0.29, 0.717) is 31.5 Å². The van der Waals surface area contributed by atoms with Crippen molar-refractivity contribution in [3.8, 4) is 11.3 Å². The molecule has 0 aliphatic carbocycles. The molecule has 0 bridgehead atoms. The number of carbonyl (C=O) groups excluding carboxylic acids is 1. The molecule has 0 radical (unpaired) electrons. The van der Waals surface area contributed by atoms with Crippen LogP contribution < -0.4 is 5.32 Å². The normalized spacial score (nSPS) is 10.6. The van der Waals surface area contributed by atoms with Crippen LogP contribution in [-0.2, 0) is 0 Å². The number of aromatic nitrogens is 2. The summed E-state index contributed by atoms with van der Waals surface area (Å²) in [6.07, 6.45) is 3.53. The number of nitrogens with one attached hydrogen (secondary N) is 1. The van der Waals surface area contributed by atoms with Crippen molar-refractivity contribution in [1.29, 1.82) is 0 Å². The largest absolute Gasteiger partial charge is 0.298 e. The zero-order chi connectivity index (χ0) is 17.1. The van der Waals surface area contributed by atoms with E-state index >= 15 is 0 Å². The fourth-order valence-corrected chi connectivity index (χ4v) is 3.68. The van der Waals surface area contributed by atoms with Gasteiger partial charge < -0.3 is 0 Å². The molecule has 24 heavy (non-hydrogen) atoms. The summed E-state index contributed by atoms with van der Waals surface area (Å²) in [6.45, 7) is 0. The zero-order valence-corrected chi connectivity index (χ0v) is 15.6. The maximum Gasteiger partial charge on any atom is 0.260 e. The van der Waals surface area contributed by atoms with Crippen LogP contribution in [0.25, 0.3) is 11.3 Å². The molecule has 2 aromatic heterocycles. The quantitative estimate of drug-likeness (QED) is 0.593. The van der Waals surface area contributed by atoms with Gasteiger partial charge in [0.25, 0.3) is 5.91 Å². The minimum Gasteiger partial charge on any atom is -0.298 e. The highest BCUT2D eigenvalue weighted by Gasteiger charge is 2.15. The lowest BCUT2D eigenvalue weighted by Crippen LogP contribution is -2.13. The van der Waals surface area contributed by atoms with Gasteiger partial charge in [0.15, 0.2) is 5.13 Å². The average molecular weight is 396 g/mol. The first-order valence-electron chi connectivity index (χ1n) is 6.80. The van der Waals surface area contributed by atoms with Gasteiger partial charge in [0.1, 0.15) is 5.03 Å². The standard InChI is InChI=1S/C16H11Cl2N3OS2/c1-23-15-10(3-2-6-19-15)14(22)21-16-20-13(8-24-16)11-7-9(17)4-5-12(11)18/h2-8H,1H3,(H,20,21,22). The molecule has 0 fully saturated rings. The summed E-state index contributed by atoms with van der Waals surface area (Å²) in [7, 11) is 0. The van der Waals surface area contributed by atoms with E-state index in [-0.39, 0.29) is 5.91 Å². The molecular weight excluding hydrogens is 385 g/mol. The van der Waals surface area contributed by atoms with E-state index in [2.05, 4.69) is 15.3 Å². The van der Waals surface area contributed by atoms with E-state index in [9.17, 15) is 4.79 Å². The van der Waals surface area contributed by atoms with Crippen LogP contribution in [0.3, 0.4) is 0 Å². The van der Waals surface area contributed by atoms with Gasteiger partial charge in [-0.25, -0.2) is 9.97 Å². The van der Waals surface area contributed by atoms with Gasteiger partial charge in [-0.15, -0.1) is 23.1 Å². The van der Waals surface area contributed by atoms with Crippen LogP contribution in [-0.4, -0.2) is 22.1 Å². The molecule has 3 aromatic rings. The van der Waals surface area contributed by atoms with Gasteiger partial charge in [-0.2, -0.15) is 0 Å². The van der Waals surface area contributed by atoms with E-state index in [0.717, 1.165) is 5.56 Å². The molecule has 0 aliphatic heterocycles. The third-order valence-corrected chi connectivity index (χ3v) is 5.17. The Bertz CT molecular complexity index is 899. The summed E-state index contributed by atoms with van der Waals surface area (Å²) >= 11 is 14.9. The van der Waals surface area contributed by atoms with Crippen molar-refractivity contribution in [2.75, 3.05) is 11.6 Å². The number of halogens is 2. The molecule has 2 heterocycles. The smallest absolute Gasteiger partial charge is 0.260 e. The topological polar surface area (TPSA) is 54.9 Å². The predicted octanol–water partition coefficient (Wildman–Crippen LogP) is 5.49. The summed E-state index contributed by atoms with van der Waals surface area (Å²) in [6, 6.07) is 8.65. The number of nitrogens with zero attached hydrogens (tertiary/aromatic N) is 2. The summed E-state index contributed by atoms with van der Waals surface area (Å²) in [4.78, 5) is 21.0. The number of hydrogen-bond donors (Lipinski definition) is 1. The lowest BCUT2D eigenvalue weighted by Gasteiger charge is -2.05. The van der Waals surface area contributed by atoms with E-state index in [1.807, 2.05) is 11.6 Å². The third-order valence-electron chi connectivity index (χ3n) is 3.14. The van der Waals surface area contributed by atoms with Crippen molar-refractivity contribution in [2.45, 2.75) is 5.03 Å². The second kappa shape index (κ2) is 7.53. The highest BCUT2D eigenvalue weighted by molar-refractivity contribution is 7.98. The molecule has 0 atom stereocenters. The van der Waals surface area contributed by atoms with Crippen LogP contribution in [0.15, 0.2) is 46.9 Å². The molecule has 1 amide bonds. The van der Waals surface area contributed by atoms with Crippen molar-refractivity contribution in [3.05, 3.63) is 57.5 Å². The van der Waals surface area contributed by atoms with Crippen LogP contribution in [0.1, 0.15) is 10.4 Å². The van der Waals surface area contributed by atoms with Gasteiger partial charge in [-0.05, 0) is 36.6 Å². The number of pyridine rings is 1. The minimum absolute atomic E-state index is 0.245. The van der Waals surface area contributed by atoms with Gasteiger partial charge in [0.2, 0.25) is 0 Å². The summed E-state index contributed by atoms with van der Waals surface area (Å²) in [5.41, 5.74) is 1.91. The highest BCUT2D eigenvalue weighted by Crippen LogP contribution is 2.32. The number of amides is 1. The third kappa shape index (κ3) is 3.72. The SMILES string of the molecule is CSc1ncccc1C(=O)Nc1nc(-c2cc(Cl)ccc2Cl)cs1. The molecule has 0 aliphatic rings. The molecule has 0 saturated carbocycles. The monoisotopic (exact) mass is 395 g/mol. The van der Waals surface area contributed by atoms with Crippen molar-refractivity contribution < 1.29 is 4.79 Å². The molecule has 3 rings (SSSR count). The Labute approximate surface area is 157 Å². The Morgan fingerprint density at radius 3 is 2.92 bits per heavy atom. The van der Waals surface area contributed by atoms with E-state index in [1.54, 1.807) is 36.5 Å². The summed E-state index contributed by atoms with van der Waals surface area (Å²) in [5, 5.41) is 6.91. The molecule has 0 saturated heterocycles. The highest BCUT2D eigenvalue weighted by atomic mass is 35.5. The number of rotatable bonds is 4. The fourth-order valence-electron chi connectivity index (χ4n) is 2.04. The van der Waals surface area contributed by atoms with Crippen LogP contribution in [0.4, 0.5) is 5.13 Å². The molecule has 122 valence electrons. The van der Waals surface area contributed by atoms with Gasteiger partial charge >= 0.3 is 0 Å². The lowest BCUT2D eigenvalue weighted by atomic mass is 10.2. The molecule has 4 nitrogen and oxygen atoms in total. The van der Waals surface area contributed by atoms with Crippen molar-refractivity contribution >= 4 is 57.3 Å². The Hall–Kier alpha value is -1.60. The predicted molar refractivity (Wildman–Crippen MR) is 102 cm³/mol.